The van der Waals surface area contributed by atoms with Crippen LogP contribution in [-0.4, -0.2) is 22.0 Å². The van der Waals surface area contributed by atoms with Gasteiger partial charge in [-0.1, -0.05) is 17.7 Å². The van der Waals surface area contributed by atoms with Crippen LogP contribution in [0.25, 0.3) is 5.69 Å². The van der Waals surface area contributed by atoms with Crippen molar-refractivity contribution in [2.75, 3.05) is 0 Å². The fourth-order valence-electron chi connectivity index (χ4n) is 1.64. The predicted octanol–water partition coefficient (Wildman–Crippen LogP) is 3.73. The average Bonchev–Trinajstić information content (AvgIpc) is 2.69. The molecule has 0 aliphatic rings. The Hall–Kier alpha value is -2.15. The number of aromatic nitrogens is 1. The number of carboxylic acids is 1. The van der Waals surface area contributed by atoms with Crippen molar-refractivity contribution in [3.05, 3.63) is 47.2 Å². The summed E-state index contributed by atoms with van der Waals surface area (Å²) in [6, 6.07) is 6.13. The number of carbonyl (C=O) groups is 1. The first-order valence-corrected chi connectivity index (χ1v) is 5.61. The number of nitrogens with zero attached hydrogens (tertiary/aromatic N) is 1. The van der Waals surface area contributed by atoms with Crippen LogP contribution in [0.2, 0.25) is 5.02 Å². The van der Waals surface area contributed by atoms with Crippen LogP contribution in [0.4, 0.5) is 13.2 Å². The van der Waals surface area contributed by atoms with Crippen LogP contribution in [0.15, 0.2) is 36.5 Å². The van der Waals surface area contributed by atoms with E-state index in [4.69, 9.17) is 16.7 Å². The molecule has 1 aromatic heterocycles. The minimum absolute atomic E-state index is 0.157. The van der Waals surface area contributed by atoms with Crippen LogP contribution >= 0.6 is 11.6 Å². The summed E-state index contributed by atoms with van der Waals surface area (Å²) in [6.07, 6.45) is -3.53. The molecule has 0 amide bonds. The Bertz CT molecular complexity index is 652. The summed E-state index contributed by atoms with van der Waals surface area (Å²) >= 11 is 5.71. The fourth-order valence-corrected chi connectivity index (χ4v) is 1.84. The Kier molecular flexibility index (Phi) is 3.63. The maximum absolute atomic E-state index is 12.1. The number of rotatable bonds is 3. The first-order chi connectivity index (χ1) is 9.26. The van der Waals surface area contributed by atoms with Crippen molar-refractivity contribution in [3.63, 3.8) is 0 Å². The number of benzene rings is 1. The lowest BCUT2D eigenvalue weighted by Gasteiger charge is -2.11. The molecule has 0 saturated carbocycles. The molecule has 1 aromatic carbocycles. The molecule has 0 bridgehead atoms. The zero-order chi connectivity index (χ0) is 14.9. The van der Waals surface area contributed by atoms with Gasteiger partial charge in [-0.05, 0) is 18.2 Å². The highest BCUT2D eigenvalue weighted by Gasteiger charge is 2.31. The van der Waals surface area contributed by atoms with Gasteiger partial charge in [-0.25, -0.2) is 4.79 Å². The zero-order valence-corrected chi connectivity index (χ0v) is 10.4. The Morgan fingerprint density at radius 2 is 2.00 bits per heavy atom. The largest absolute Gasteiger partial charge is 0.573 e. The zero-order valence-electron chi connectivity index (χ0n) is 9.69. The summed E-state index contributed by atoms with van der Waals surface area (Å²) < 4.78 is 41.4. The van der Waals surface area contributed by atoms with Crippen molar-refractivity contribution in [2.24, 2.45) is 0 Å². The molecular weight excluding hydrogens is 299 g/mol. The van der Waals surface area contributed by atoms with Gasteiger partial charge < -0.3 is 14.4 Å². The maximum atomic E-state index is 12.1. The standard InChI is InChI=1S/C12H7ClF3NO3/c13-7-4-10(11(18)19)17(6-7)8-2-1-3-9(5-8)20-12(14,15)16/h1-6H,(H,18,19). The van der Waals surface area contributed by atoms with E-state index in [2.05, 4.69) is 4.74 Å². The van der Waals surface area contributed by atoms with Gasteiger partial charge in [0.1, 0.15) is 11.4 Å². The Labute approximate surface area is 116 Å². The summed E-state index contributed by atoms with van der Waals surface area (Å²) in [5.41, 5.74) is 0.0233. The number of ether oxygens (including phenoxy) is 1. The van der Waals surface area contributed by atoms with Crippen LogP contribution < -0.4 is 4.74 Å². The average molecular weight is 306 g/mol. The molecule has 20 heavy (non-hydrogen) atoms. The van der Waals surface area contributed by atoms with Crippen molar-refractivity contribution in [2.45, 2.75) is 6.36 Å². The van der Waals surface area contributed by atoms with Gasteiger partial charge >= 0.3 is 12.3 Å². The molecule has 1 heterocycles. The van der Waals surface area contributed by atoms with Crippen LogP contribution in [-0.2, 0) is 0 Å². The second-order valence-corrected chi connectivity index (χ2v) is 4.20. The molecular formula is C12H7ClF3NO3. The highest BCUT2D eigenvalue weighted by molar-refractivity contribution is 6.31. The number of halogens is 4. The van der Waals surface area contributed by atoms with Crippen molar-refractivity contribution in [1.82, 2.24) is 4.57 Å². The van der Waals surface area contributed by atoms with E-state index in [0.29, 0.717) is 0 Å². The first-order valence-electron chi connectivity index (χ1n) is 5.23. The van der Waals surface area contributed by atoms with Crippen molar-refractivity contribution in [1.29, 1.82) is 0 Å². The van der Waals surface area contributed by atoms with Crippen LogP contribution in [0.5, 0.6) is 5.75 Å². The van der Waals surface area contributed by atoms with Gasteiger partial charge in [-0.15, -0.1) is 13.2 Å². The quantitative estimate of drug-likeness (QED) is 0.940. The lowest BCUT2D eigenvalue weighted by atomic mass is 10.3. The Morgan fingerprint density at radius 3 is 2.60 bits per heavy atom. The highest BCUT2D eigenvalue weighted by Crippen LogP contribution is 2.26. The normalized spacial score (nSPS) is 11.4. The molecule has 0 spiro atoms. The summed E-state index contributed by atoms with van der Waals surface area (Å²) in [5.74, 6) is -1.70. The van der Waals surface area contributed by atoms with E-state index in [1.165, 1.54) is 24.4 Å². The molecule has 0 atom stereocenters. The van der Waals surface area contributed by atoms with Gasteiger partial charge in [0, 0.05) is 18.0 Å². The Morgan fingerprint density at radius 1 is 1.30 bits per heavy atom. The monoisotopic (exact) mass is 305 g/mol. The number of aromatic carboxylic acids is 1. The van der Waals surface area contributed by atoms with E-state index < -0.39 is 18.1 Å². The summed E-state index contributed by atoms with van der Waals surface area (Å²) in [4.78, 5) is 11.0. The molecule has 0 unspecified atom stereocenters. The van der Waals surface area contributed by atoms with E-state index in [1.807, 2.05) is 0 Å². The fraction of sp³-hybridized carbons (Fsp3) is 0.0833. The van der Waals surface area contributed by atoms with Crippen LogP contribution in [0.3, 0.4) is 0 Å². The minimum atomic E-state index is -4.82. The van der Waals surface area contributed by atoms with E-state index in [-0.39, 0.29) is 16.4 Å². The van der Waals surface area contributed by atoms with Gasteiger partial charge in [-0.2, -0.15) is 0 Å². The highest BCUT2D eigenvalue weighted by atomic mass is 35.5. The molecule has 0 radical (unpaired) electrons. The molecule has 2 aromatic rings. The second-order valence-electron chi connectivity index (χ2n) is 3.76. The van der Waals surface area contributed by atoms with Crippen LogP contribution in [0.1, 0.15) is 10.5 Å². The lowest BCUT2D eigenvalue weighted by molar-refractivity contribution is -0.274. The molecule has 2 rings (SSSR count). The third-order valence-electron chi connectivity index (χ3n) is 2.34. The van der Waals surface area contributed by atoms with Gasteiger partial charge in [-0.3, -0.25) is 0 Å². The second kappa shape index (κ2) is 5.09. The number of alkyl halides is 3. The predicted molar refractivity (Wildman–Crippen MR) is 64.4 cm³/mol. The molecule has 106 valence electrons. The van der Waals surface area contributed by atoms with E-state index >= 15 is 0 Å². The SMILES string of the molecule is O=C(O)c1cc(Cl)cn1-c1cccc(OC(F)(F)F)c1. The van der Waals surface area contributed by atoms with E-state index in [1.54, 1.807) is 0 Å². The van der Waals surface area contributed by atoms with Gasteiger partial charge in [0.2, 0.25) is 0 Å². The summed E-state index contributed by atoms with van der Waals surface area (Å²) in [6.45, 7) is 0. The Balaban J connectivity index is 2.43. The van der Waals surface area contributed by atoms with Gasteiger partial charge in [0.15, 0.2) is 0 Å². The third-order valence-corrected chi connectivity index (χ3v) is 2.54. The topological polar surface area (TPSA) is 51.5 Å². The number of hydrogen-bond donors (Lipinski definition) is 1. The van der Waals surface area contributed by atoms with Crippen molar-refractivity contribution < 1.29 is 27.8 Å². The summed E-state index contributed by atoms with van der Waals surface area (Å²) in [5, 5.41) is 9.16. The molecule has 0 saturated heterocycles. The van der Waals surface area contributed by atoms with E-state index in [0.717, 1.165) is 16.7 Å². The van der Waals surface area contributed by atoms with Crippen molar-refractivity contribution >= 4 is 17.6 Å². The molecule has 8 heteroatoms. The van der Waals surface area contributed by atoms with Crippen LogP contribution in [0, 0.1) is 0 Å². The first kappa shape index (κ1) is 14.3. The number of hydrogen-bond acceptors (Lipinski definition) is 2. The number of carboxylic acid groups (broad SMARTS) is 1. The lowest BCUT2D eigenvalue weighted by Crippen LogP contribution is -2.17. The maximum Gasteiger partial charge on any atom is 0.573 e. The smallest absolute Gasteiger partial charge is 0.477 e. The van der Waals surface area contributed by atoms with Gasteiger partial charge in [0.05, 0.1) is 5.02 Å². The van der Waals surface area contributed by atoms with Crippen molar-refractivity contribution in [3.8, 4) is 11.4 Å². The summed E-state index contributed by atoms with van der Waals surface area (Å²) in [7, 11) is 0. The molecule has 4 nitrogen and oxygen atoms in total. The molecule has 0 aliphatic heterocycles. The molecule has 1 N–H and O–H groups in total. The third kappa shape index (κ3) is 3.24. The van der Waals surface area contributed by atoms with Gasteiger partial charge in [0.25, 0.3) is 0 Å². The minimum Gasteiger partial charge on any atom is -0.477 e. The molecule has 0 fully saturated rings. The van der Waals surface area contributed by atoms with E-state index in [9.17, 15) is 18.0 Å². The molecule has 0 aliphatic carbocycles.